The molecule has 0 spiro atoms. The van der Waals surface area contributed by atoms with Crippen molar-refractivity contribution < 1.29 is 19.1 Å². The molecule has 2 amide bonds. The van der Waals surface area contributed by atoms with E-state index in [0.717, 1.165) is 31.6 Å². The summed E-state index contributed by atoms with van der Waals surface area (Å²) in [6.45, 7) is 5.67. The fourth-order valence-corrected chi connectivity index (χ4v) is 2.96. The molecule has 0 saturated carbocycles. The highest BCUT2D eigenvalue weighted by molar-refractivity contribution is 5.96. The fraction of sp³-hybridized carbons (Fsp3) is 0.348. The Bertz CT molecular complexity index is 842. The van der Waals surface area contributed by atoms with Gasteiger partial charge in [-0.25, -0.2) is 4.79 Å². The molecule has 0 aliphatic rings. The molecular formula is C23H29N3O4. The van der Waals surface area contributed by atoms with Gasteiger partial charge in [0.25, 0.3) is 5.91 Å². The van der Waals surface area contributed by atoms with Gasteiger partial charge < -0.3 is 20.3 Å². The molecule has 30 heavy (non-hydrogen) atoms. The predicted molar refractivity (Wildman–Crippen MR) is 118 cm³/mol. The molecule has 0 bridgehead atoms. The van der Waals surface area contributed by atoms with Gasteiger partial charge in [-0.2, -0.15) is 0 Å². The lowest BCUT2D eigenvalue weighted by molar-refractivity contribution is -0.114. The van der Waals surface area contributed by atoms with Crippen LogP contribution in [0.15, 0.2) is 48.5 Å². The van der Waals surface area contributed by atoms with Crippen LogP contribution >= 0.6 is 0 Å². The van der Waals surface area contributed by atoms with Gasteiger partial charge in [0.05, 0.1) is 19.2 Å². The number of nitrogens with zero attached hydrogens (tertiary/aromatic N) is 1. The van der Waals surface area contributed by atoms with Crippen LogP contribution in [-0.4, -0.2) is 49.4 Å². The first-order valence-electron chi connectivity index (χ1n) is 10.1. The summed E-state index contributed by atoms with van der Waals surface area (Å²) in [6.07, 6.45) is 1.85. The van der Waals surface area contributed by atoms with E-state index >= 15 is 0 Å². The molecule has 0 unspecified atom stereocenters. The number of hydrogen-bond donors (Lipinski definition) is 2. The van der Waals surface area contributed by atoms with Crippen LogP contribution in [0.5, 0.6) is 0 Å². The summed E-state index contributed by atoms with van der Waals surface area (Å²) >= 11 is 0. The van der Waals surface area contributed by atoms with E-state index in [0.29, 0.717) is 16.8 Å². The van der Waals surface area contributed by atoms with Crippen molar-refractivity contribution in [3.8, 4) is 0 Å². The molecule has 2 N–H and O–H groups in total. The molecule has 0 radical (unpaired) electrons. The molecule has 7 heteroatoms. The van der Waals surface area contributed by atoms with Gasteiger partial charge in [-0.15, -0.1) is 0 Å². The van der Waals surface area contributed by atoms with E-state index in [1.807, 2.05) is 4.90 Å². The molecule has 0 saturated heterocycles. The summed E-state index contributed by atoms with van der Waals surface area (Å²) in [6, 6.07) is 13.6. The van der Waals surface area contributed by atoms with Crippen molar-refractivity contribution in [1.82, 2.24) is 4.90 Å². The lowest BCUT2D eigenvalue weighted by atomic mass is 10.1. The first kappa shape index (κ1) is 22.9. The molecule has 160 valence electrons. The van der Waals surface area contributed by atoms with Crippen molar-refractivity contribution in [2.75, 3.05) is 37.4 Å². The van der Waals surface area contributed by atoms with Crippen LogP contribution in [0.2, 0.25) is 0 Å². The monoisotopic (exact) mass is 411 g/mol. The number of esters is 1. The number of anilines is 2. The zero-order valence-corrected chi connectivity index (χ0v) is 17.7. The van der Waals surface area contributed by atoms with Gasteiger partial charge in [0.15, 0.2) is 0 Å². The Morgan fingerprint density at radius 2 is 1.37 bits per heavy atom. The highest BCUT2D eigenvalue weighted by Gasteiger charge is 2.14. The summed E-state index contributed by atoms with van der Waals surface area (Å²) in [5, 5.41) is 5.79. The molecular weight excluding hydrogens is 382 g/mol. The summed E-state index contributed by atoms with van der Waals surface area (Å²) in [5.41, 5.74) is 2.39. The van der Waals surface area contributed by atoms with Gasteiger partial charge in [-0.05, 0) is 61.4 Å². The van der Waals surface area contributed by atoms with E-state index in [1.54, 1.807) is 48.5 Å². The topological polar surface area (TPSA) is 87.7 Å². The van der Waals surface area contributed by atoms with E-state index in [-0.39, 0.29) is 18.4 Å². The third-order valence-corrected chi connectivity index (χ3v) is 4.45. The molecule has 2 rings (SSSR count). The quantitative estimate of drug-likeness (QED) is 0.581. The number of benzene rings is 2. The number of hydrogen-bond acceptors (Lipinski definition) is 5. The first-order chi connectivity index (χ1) is 14.5. The third-order valence-electron chi connectivity index (χ3n) is 4.45. The largest absolute Gasteiger partial charge is 0.465 e. The van der Waals surface area contributed by atoms with Crippen LogP contribution < -0.4 is 10.6 Å². The Labute approximate surface area is 177 Å². The average Bonchev–Trinajstić information content (AvgIpc) is 2.77. The van der Waals surface area contributed by atoms with Crippen molar-refractivity contribution in [3.63, 3.8) is 0 Å². The Morgan fingerprint density at radius 3 is 1.90 bits per heavy atom. The number of rotatable bonds is 10. The molecule has 7 nitrogen and oxygen atoms in total. The van der Waals surface area contributed by atoms with Crippen molar-refractivity contribution in [3.05, 3.63) is 59.7 Å². The average molecular weight is 412 g/mol. The standard InChI is InChI=1S/C23H29N3O4/c1-4-14-26(15-5-2)22(28)17-6-10-19(11-7-17)24-16-21(27)25-20-12-8-18(9-13-20)23(29)30-3/h6-13,24H,4-5,14-16H2,1-3H3,(H,25,27). The normalized spacial score (nSPS) is 10.2. The van der Waals surface area contributed by atoms with Crippen molar-refractivity contribution in [2.24, 2.45) is 0 Å². The molecule has 0 fully saturated rings. The van der Waals surface area contributed by atoms with Crippen LogP contribution in [0, 0.1) is 0 Å². The van der Waals surface area contributed by atoms with E-state index in [1.165, 1.54) is 7.11 Å². The van der Waals surface area contributed by atoms with E-state index in [4.69, 9.17) is 0 Å². The molecule has 0 aromatic heterocycles. The van der Waals surface area contributed by atoms with Crippen LogP contribution in [0.4, 0.5) is 11.4 Å². The van der Waals surface area contributed by atoms with Gasteiger partial charge in [0, 0.05) is 30.0 Å². The molecule has 0 heterocycles. The summed E-state index contributed by atoms with van der Waals surface area (Å²) in [7, 11) is 1.32. The SMILES string of the molecule is CCCN(CCC)C(=O)c1ccc(NCC(=O)Nc2ccc(C(=O)OC)cc2)cc1. The van der Waals surface area contributed by atoms with Crippen molar-refractivity contribution >= 4 is 29.2 Å². The summed E-state index contributed by atoms with van der Waals surface area (Å²) < 4.78 is 4.65. The maximum Gasteiger partial charge on any atom is 0.337 e. The fourth-order valence-electron chi connectivity index (χ4n) is 2.96. The zero-order valence-electron chi connectivity index (χ0n) is 17.7. The molecule has 0 aliphatic heterocycles. The van der Waals surface area contributed by atoms with Crippen LogP contribution in [0.1, 0.15) is 47.4 Å². The summed E-state index contributed by atoms with van der Waals surface area (Å²) in [5.74, 6) is -0.625. The predicted octanol–water partition coefficient (Wildman–Crippen LogP) is 3.79. The maximum absolute atomic E-state index is 12.6. The van der Waals surface area contributed by atoms with Gasteiger partial charge in [-0.3, -0.25) is 9.59 Å². The number of ether oxygens (including phenoxy) is 1. The Morgan fingerprint density at radius 1 is 0.833 bits per heavy atom. The minimum Gasteiger partial charge on any atom is -0.465 e. The second kappa shape index (κ2) is 11.6. The smallest absolute Gasteiger partial charge is 0.337 e. The van der Waals surface area contributed by atoms with Gasteiger partial charge >= 0.3 is 5.97 Å². The molecule has 2 aromatic rings. The van der Waals surface area contributed by atoms with E-state index in [9.17, 15) is 14.4 Å². The maximum atomic E-state index is 12.6. The number of amides is 2. The van der Waals surface area contributed by atoms with E-state index < -0.39 is 5.97 Å². The van der Waals surface area contributed by atoms with Crippen LogP contribution in [0.3, 0.4) is 0 Å². The Kier molecular flexibility index (Phi) is 8.87. The van der Waals surface area contributed by atoms with Gasteiger partial charge in [0.2, 0.25) is 5.91 Å². The molecule has 2 aromatic carbocycles. The number of nitrogens with one attached hydrogen (secondary N) is 2. The minimum absolute atomic E-state index is 0.0263. The van der Waals surface area contributed by atoms with Crippen LogP contribution in [-0.2, 0) is 9.53 Å². The number of carbonyl (C=O) groups excluding carboxylic acids is 3. The molecule has 0 aliphatic carbocycles. The minimum atomic E-state index is -0.427. The lowest BCUT2D eigenvalue weighted by Crippen LogP contribution is -2.32. The van der Waals surface area contributed by atoms with Gasteiger partial charge in [-0.1, -0.05) is 13.8 Å². The molecule has 0 atom stereocenters. The number of methoxy groups -OCH3 is 1. The van der Waals surface area contributed by atoms with Crippen molar-refractivity contribution in [2.45, 2.75) is 26.7 Å². The van der Waals surface area contributed by atoms with E-state index in [2.05, 4.69) is 29.2 Å². The highest BCUT2D eigenvalue weighted by atomic mass is 16.5. The second-order valence-corrected chi connectivity index (χ2v) is 6.84. The Hall–Kier alpha value is -3.35. The van der Waals surface area contributed by atoms with Crippen LogP contribution in [0.25, 0.3) is 0 Å². The summed E-state index contributed by atoms with van der Waals surface area (Å²) in [4.78, 5) is 38.0. The van der Waals surface area contributed by atoms with Gasteiger partial charge in [0.1, 0.15) is 0 Å². The third kappa shape index (κ3) is 6.62. The number of carbonyl (C=O) groups is 3. The zero-order chi connectivity index (χ0) is 21.9. The Balaban J connectivity index is 1.87. The first-order valence-corrected chi connectivity index (χ1v) is 10.1. The van der Waals surface area contributed by atoms with Crippen molar-refractivity contribution in [1.29, 1.82) is 0 Å². The highest BCUT2D eigenvalue weighted by Crippen LogP contribution is 2.13. The second-order valence-electron chi connectivity index (χ2n) is 6.84. The lowest BCUT2D eigenvalue weighted by Gasteiger charge is -2.21.